The minimum atomic E-state index is -0.738. The van der Waals surface area contributed by atoms with Gasteiger partial charge < -0.3 is 19.9 Å². The van der Waals surface area contributed by atoms with E-state index in [1.165, 1.54) is 18.6 Å². The summed E-state index contributed by atoms with van der Waals surface area (Å²) in [6, 6.07) is 0. The zero-order chi connectivity index (χ0) is 19.6. The molecule has 0 aromatic heterocycles. The van der Waals surface area contributed by atoms with Gasteiger partial charge in [0, 0.05) is 43.6 Å². The van der Waals surface area contributed by atoms with Crippen molar-refractivity contribution in [1.82, 2.24) is 5.32 Å². The molecule has 0 radical (unpaired) electrons. The Morgan fingerprint density at radius 2 is 1.67 bits per heavy atom. The first-order valence-electron chi connectivity index (χ1n) is 10.1. The Morgan fingerprint density at radius 1 is 0.926 bits per heavy atom. The highest BCUT2D eigenvalue weighted by Gasteiger charge is 2.15. The van der Waals surface area contributed by atoms with Crippen LogP contribution in [0.25, 0.3) is 0 Å². The summed E-state index contributed by atoms with van der Waals surface area (Å²) in [5.74, 6) is 0.687. The van der Waals surface area contributed by atoms with E-state index in [9.17, 15) is 9.59 Å². The van der Waals surface area contributed by atoms with Crippen LogP contribution < -0.4 is 5.32 Å². The van der Waals surface area contributed by atoms with Crippen molar-refractivity contribution in [3.05, 3.63) is 0 Å². The van der Waals surface area contributed by atoms with Crippen molar-refractivity contribution in [1.29, 1.82) is 0 Å². The Labute approximate surface area is 171 Å². The predicted molar refractivity (Wildman–Crippen MR) is 112 cm³/mol. The number of rotatable bonds is 18. The molecule has 0 bridgehead atoms. The molecule has 1 heterocycles. The van der Waals surface area contributed by atoms with Gasteiger partial charge in [0.25, 0.3) is 0 Å². The third-order valence-electron chi connectivity index (χ3n) is 4.25. The predicted octanol–water partition coefficient (Wildman–Crippen LogP) is 3.89. The van der Waals surface area contributed by atoms with Crippen LogP contribution in [0.3, 0.4) is 0 Å². The Balaban J connectivity index is 1.73. The second kappa shape index (κ2) is 17.6. The van der Waals surface area contributed by atoms with E-state index in [2.05, 4.69) is 5.32 Å². The molecular weight excluding hydrogens is 386 g/mol. The molecule has 1 fully saturated rings. The molecule has 1 aliphatic rings. The topological polar surface area (TPSA) is 84.9 Å². The van der Waals surface area contributed by atoms with Crippen LogP contribution in [0.2, 0.25) is 0 Å². The van der Waals surface area contributed by atoms with Crippen molar-refractivity contribution in [2.45, 2.75) is 69.5 Å². The lowest BCUT2D eigenvalue weighted by Gasteiger charge is -2.08. The summed E-state index contributed by atoms with van der Waals surface area (Å²) in [7, 11) is 3.98. The van der Waals surface area contributed by atoms with Crippen molar-refractivity contribution in [3.8, 4) is 0 Å². The van der Waals surface area contributed by atoms with Gasteiger partial charge in [0.05, 0.1) is 13.2 Å². The molecule has 0 aromatic carbocycles. The number of unbranched alkanes of at least 4 members (excludes halogenated alkanes) is 3. The van der Waals surface area contributed by atoms with Gasteiger partial charge in [-0.1, -0.05) is 34.4 Å². The molecule has 0 aliphatic carbocycles. The molecule has 1 amide bonds. The Kier molecular flexibility index (Phi) is 16.1. The Morgan fingerprint density at radius 3 is 2.37 bits per heavy atom. The monoisotopic (exact) mass is 421 g/mol. The van der Waals surface area contributed by atoms with Crippen molar-refractivity contribution in [2.24, 2.45) is 0 Å². The van der Waals surface area contributed by atoms with Crippen LogP contribution in [0.4, 0.5) is 0 Å². The largest absolute Gasteiger partial charge is 0.481 e. The fraction of sp³-hybridized carbons (Fsp3) is 0.895. The van der Waals surface area contributed by atoms with Gasteiger partial charge in [-0.15, -0.1) is 0 Å². The van der Waals surface area contributed by atoms with E-state index in [1.54, 1.807) is 0 Å². The first-order valence-corrected chi connectivity index (χ1v) is 12.5. The maximum Gasteiger partial charge on any atom is 0.303 e. The third-order valence-corrected chi connectivity index (χ3v) is 7.25. The van der Waals surface area contributed by atoms with E-state index in [1.807, 2.05) is 21.6 Å². The standard InChI is InChI=1S/C19H35NO5S2/c21-18(8-4-3-7-17-10-16-26-27-17)20-11-6-13-25-15-14-24-12-5-1-2-9-19(22)23/h17H,1-16H2,(H,20,21)(H,22,23)/t17-/m1/s1. The highest BCUT2D eigenvalue weighted by Crippen LogP contribution is 2.39. The van der Waals surface area contributed by atoms with Crippen molar-refractivity contribution >= 4 is 33.5 Å². The molecule has 158 valence electrons. The first kappa shape index (κ1) is 24.6. The average molecular weight is 422 g/mol. The van der Waals surface area contributed by atoms with Crippen LogP contribution in [0.15, 0.2) is 0 Å². The lowest BCUT2D eigenvalue weighted by molar-refractivity contribution is -0.137. The number of carbonyl (C=O) groups excluding carboxylic acids is 1. The second-order valence-corrected chi connectivity index (χ2v) is 9.49. The number of amides is 1. The molecule has 1 atom stereocenters. The van der Waals surface area contributed by atoms with Crippen LogP contribution in [-0.4, -0.2) is 61.0 Å². The van der Waals surface area contributed by atoms with E-state index in [4.69, 9.17) is 14.6 Å². The zero-order valence-electron chi connectivity index (χ0n) is 16.3. The quantitative estimate of drug-likeness (QED) is 0.256. The summed E-state index contributed by atoms with van der Waals surface area (Å²) in [6.07, 6.45) is 8.85. The zero-order valence-corrected chi connectivity index (χ0v) is 17.9. The molecular formula is C19H35NO5S2. The number of carbonyl (C=O) groups is 2. The summed E-state index contributed by atoms with van der Waals surface area (Å²) < 4.78 is 10.9. The summed E-state index contributed by atoms with van der Waals surface area (Å²) in [5, 5.41) is 12.3. The second-order valence-electron chi connectivity index (χ2n) is 6.71. The summed E-state index contributed by atoms with van der Waals surface area (Å²) in [5.41, 5.74) is 0. The van der Waals surface area contributed by atoms with Crippen molar-refractivity contribution in [3.63, 3.8) is 0 Å². The van der Waals surface area contributed by atoms with Gasteiger partial charge in [0.15, 0.2) is 0 Å². The van der Waals surface area contributed by atoms with E-state index >= 15 is 0 Å². The Hall–Kier alpha value is -0.440. The average Bonchev–Trinajstić information content (AvgIpc) is 3.16. The fourth-order valence-corrected chi connectivity index (χ4v) is 5.72. The van der Waals surface area contributed by atoms with E-state index < -0.39 is 5.97 Å². The fourth-order valence-electron chi connectivity index (χ4n) is 2.69. The van der Waals surface area contributed by atoms with Crippen LogP contribution >= 0.6 is 21.6 Å². The smallest absolute Gasteiger partial charge is 0.303 e. The summed E-state index contributed by atoms with van der Waals surface area (Å²) in [6.45, 7) is 3.05. The van der Waals surface area contributed by atoms with Gasteiger partial charge in [0.1, 0.15) is 0 Å². The van der Waals surface area contributed by atoms with Crippen LogP contribution in [-0.2, 0) is 19.1 Å². The van der Waals surface area contributed by atoms with Crippen LogP contribution in [0.5, 0.6) is 0 Å². The number of carboxylic acid groups (broad SMARTS) is 1. The molecule has 1 rings (SSSR count). The molecule has 0 unspecified atom stereocenters. The normalized spacial score (nSPS) is 16.5. The van der Waals surface area contributed by atoms with Gasteiger partial charge in [-0.25, -0.2) is 0 Å². The highest BCUT2D eigenvalue weighted by molar-refractivity contribution is 8.77. The molecule has 6 nitrogen and oxygen atoms in total. The summed E-state index contributed by atoms with van der Waals surface area (Å²) >= 11 is 0. The molecule has 0 aromatic rings. The van der Waals surface area contributed by atoms with Crippen molar-refractivity contribution in [2.75, 3.05) is 38.7 Å². The number of aliphatic carboxylic acids is 1. The number of hydrogen-bond donors (Lipinski definition) is 2. The maximum atomic E-state index is 11.7. The lowest BCUT2D eigenvalue weighted by Crippen LogP contribution is -2.25. The van der Waals surface area contributed by atoms with E-state index in [0.717, 1.165) is 37.4 Å². The molecule has 0 saturated carbocycles. The Bertz CT molecular complexity index is 392. The third kappa shape index (κ3) is 16.2. The van der Waals surface area contributed by atoms with Gasteiger partial charge >= 0.3 is 5.97 Å². The SMILES string of the molecule is O=C(O)CCCCCOCCOCCCNC(=O)CCCC[C@@H]1CCSS1. The van der Waals surface area contributed by atoms with Gasteiger partial charge in [-0.2, -0.15) is 0 Å². The number of nitrogens with one attached hydrogen (secondary N) is 1. The minimum Gasteiger partial charge on any atom is -0.481 e. The minimum absolute atomic E-state index is 0.148. The molecule has 2 N–H and O–H groups in total. The molecule has 27 heavy (non-hydrogen) atoms. The van der Waals surface area contributed by atoms with E-state index in [0.29, 0.717) is 45.8 Å². The molecule has 1 aliphatic heterocycles. The summed E-state index contributed by atoms with van der Waals surface area (Å²) in [4.78, 5) is 22.1. The van der Waals surface area contributed by atoms with Crippen molar-refractivity contribution < 1.29 is 24.2 Å². The lowest BCUT2D eigenvalue weighted by atomic mass is 10.1. The first-order chi connectivity index (χ1) is 13.2. The van der Waals surface area contributed by atoms with Gasteiger partial charge in [0.2, 0.25) is 5.91 Å². The van der Waals surface area contributed by atoms with Crippen LogP contribution in [0.1, 0.15) is 64.2 Å². The highest BCUT2D eigenvalue weighted by atomic mass is 33.1. The van der Waals surface area contributed by atoms with E-state index in [-0.39, 0.29) is 12.3 Å². The number of ether oxygens (including phenoxy) is 2. The van der Waals surface area contributed by atoms with Crippen LogP contribution in [0, 0.1) is 0 Å². The number of carboxylic acids is 1. The maximum absolute atomic E-state index is 11.7. The number of hydrogen-bond acceptors (Lipinski definition) is 6. The van der Waals surface area contributed by atoms with Gasteiger partial charge in [-0.05, 0) is 38.5 Å². The van der Waals surface area contributed by atoms with Gasteiger partial charge in [-0.3, -0.25) is 9.59 Å². The molecule has 0 spiro atoms. The molecule has 1 saturated heterocycles. The molecule has 8 heteroatoms.